The van der Waals surface area contributed by atoms with E-state index < -0.39 is 29.3 Å². The molecule has 0 atom stereocenters. The van der Waals surface area contributed by atoms with Gasteiger partial charge in [0.1, 0.15) is 11.6 Å². The fourth-order valence-corrected chi connectivity index (χ4v) is 2.71. The molecule has 132 valence electrons. The van der Waals surface area contributed by atoms with Crippen LogP contribution in [-0.2, 0) is 4.79 Å². The third-order valence-electron chi connectivity index (χ3n) is 3.59. The predicted molar refractivity (Wildman–Crippen MR) is 90.6 cm³/mol. The summed E-state index contributed by atoms with van der Waals surface area (Å²) in [6.07, 6.45) is 0. The van der Waals surface area contributed by atoms with Crippen LogP contribution in [0.2, 0.25) is 10.0 Å². The SMILES string of the molecule is O=C(CN1C(=O)c2ccc([N+](=O)[O-])cc2C1=O)Oc1cccc(Cl)c1Cl. The molecule has 1 heterocycles. The first kappa shape index (κ1) is 17.8. The minimum Gasteiger partial charge on any atom is -0.424 e. The molecule has 1 aliphatic heterocycles. The third-order valence-corrected chi connectivity index (χ3v) is 4.39. The number of amides is 2. The van der Waals surface area contributed by atoms with Crippen molar-refractivity contribution < 1.29 is 24.0 Å². The molecule has 0 spiro atoms. The number of nitrogens with zero attached hydrogens (tertiary/aromatic N) is 2. The van der Waals surface area contributed by atoms with Gasteiger partial charge in [-0.3, -0.25) is 24.6 Å². The first-order valence-corrected chi connectivity index (χ1v) is 7.84. The molecule has 0 radical (unpaired) electrons. The van der Waals surface area contributed by atoms with Crippen LogP contribution in [0.5, 0.6) is 5.75 Å². The van der Waals surface area contributed by atoms with E-state index in [9.17, 15) is 24.5 Å². The molecule has 0 saturated heterocycles. The number of non-ortho nitro benzene ring substituents is 1. The van der Waals surface area contributed by atoms with Gasteiger partial charge in [-0.1, -0.05) is 29.3 Å². The molecule has 10 heteroatoms. The Morgan fingerprint density at radius 2 is 1.81 bits per heavy atom. The molecular formula is C16H8Cl2N2O6. The molecule has 0 unspecified atom stereocenters. The fraction of sp³-hybridized carbons (Fsp3) is 0.0625. The van der Waals surface area contributed by atoms with E-state index in [2.05, 4.69) is 0 Å². The highest BCUT2D eigenvalue weighted by molar-refractivity contribution is 6.43. The number of rotatable bonds is 4. The molecular weight excluding hydrogens is 387 g/mol. The van der Waals surface area contributed by atoms with Gasteiger partial charge in [-0.05, 0) is 18.2 Å². The zero-order valence-electron chi connectivity index (χ0n) is 12.8. The summed E-state index contributed by atoms with van der Waals surface area (Å²) in [5, 5.41) is 11.0. The number of imide groups is 1. The van der Waals surface area contributed by atoms with E-state index in [1.807, 2.05) is 0 Å². The summed E-state index contributed by atoms with van der Waals surface area (Å²) < 4.78 is 5.04. The van der Waals surface area contributed by atoms with Crippen molar-refractivity contribution in [2.75, 3.05) is 6.54 Å². The van der Waals surface area contributed by atoms with E-state index in [1.54, 1.807) is 0 Å². The Morgan fingerprint density at radius 1 is 1.12 bits per heavy atom. The maximum absolute atomic E-state index is 12.3. The third kappa shape index (κ3) is 3.12. The van der Waals surface area contributed by atoms with Crippen molar-refractivity contribution in [2.24, 2.45) is 0 Å². The van der Waals surface area contributed by atoms with Crippen molar-refractivity contribution in [1.82, 2.24) is 4.90 Å². The molecule has 0 aromatic heterocycles. The highest BCUT2D eigenvalue weighted by atomic mass is 35.5. The van der Waals surface area contributed by atoms with Crippen LogP contribution in [0.25, 0.3) is 0 Å². The summed E-state index contributed by atoms with van der Waals surface area (Å²) >= 11 is 11.7. The zero-order chi connectivity index (χ0) is 19.0. The second kappa shape index (κ2) is 6.74. The lowest BCUT2D eigenvalue weighted by atomic mass is 10.1. The summed E-state index contributed by atoms with van der Waals surface area (Å²) in [6.45, 7) is -0.678. The Labute approximate surface area is 156 Å². The van der Waals surface area contributed by atoms with Gasteiger partial charge in [0, 0.05) is 12.1 Å². The van der Waals surface area contributed by atoms with Crippen LogP contribution in [0.4, 0.5) is 5.69 Å². The molecule has 0 saturated carbocycles. The molecule has 0 aliphatic carbocycles. The van der Waals surface area contributed by atoms with E-state index in [-0.39, 0.29) is 32.6 Å². The zero-order valence-corrected chi connectivity index (χ0v) is 14.3. The number of hydrogen-bond donors (Lipinski definition) is 0. The number of ether oxygens (including phenoxy) is 1. The van der Waals surface area contributed by atoms with Crippen molar-refractivity contribution >= 4 is 46.7 Å². The minimum atomic E-state index is -0.918. The van der Waals surface area contributed by atoms with Gasteiger partial charge in [0.2, 0.25) is 0 Å². The lowest BCUT2D eigenvalue weighted by Gasteiger charge is -2.13. The predicted octanol–water partition coefficient (Wildman–Crippen LogP) is 3.10. The first-order valence-electron chi connectivity index (χ1n) is 7.09. The molecule has 0 bridgehead atoms. The van der Waals surface area contributed by atoms with Crippen LogP contribution in [0, 0.1) is 10.1 Å². The van der Waals surface area contributed by atoms with Crippen LogP contribution in [0.3, 0.4) is 0 Å². The highest BCUT2D eigenvalue weighted by Crippen LogP contribution is 2.32. The summed E-state index contributed by atoms with van der Waals surface area (Å²) in [7, 11) is 0. The molecule has 0 N–H and O–H groups in total. The number of carbonyl (C=O) groups is 3. The van der Waals surface area contributed by atoms with E-state index in [0.29, 0.717) is 4.90 Å². The number of esters is 1. The average molecular weight is 395 g/mol. The Hall–Kier alpha value is -2.97. The minimum absolute atomic E-state index is 0.0144. The molecule has 0 fully saturated rings. The summed E-state index contributed by atoms with van der Waals surface area (Å²) in [5.74, 6) is -2.49. The van der Waals surface area contributed by atoms with Gasteiger partial charge in [-0.25, -0.2) is 4.79 Å². The number of benzene rings is 2. The van der Waals surface area contributed by atoms with Crippen LogP contribution >= 0.6 is 23.2 Å². The van der Waals surface area contributed by atoms with Gasteiger partial charge in [0.15, 0.2) is 5.75 Å². The van der Waals surface area contributed by atoms with Gasteiger partial charge in [-0.2, -0.15) is 0 Å². The molecule has 3 rings (SSSR count). The van der Waals surface area contributed by atoms with Crippen LogP contribution in [0.15, 0.2) is 36.4 Å². The first-order chi connectivity index (χ1) is 12.3. The van der Waals surface area contributed by atoms with Crippen molar-refractivity contribution in [3.8, 4) is 5.75 Å². The van der Waals surface area contributed by atoms with Crippen molar-refractivity contribution in [1.29, 1.82) is 0 Å². The van der Waals surface area contributed by atoms with Crippen LogP contribution in [0.1, 0.15) is 20.7 Å². The van der Waals surface area contributed by atoms with Gasteiger partial charge in [0.25, 0.3) is 17.5 Å². The van der Waals surface area contributed by atoms with E-state index in [4.69, 9.17) is 27.9 Å². The smallest absolute Gasteiger partial charge is 0.331 e. The average Bonchev–Trinajstić information content (AvgIpc) is 2.83. The van der Waals surface area contributed by atoms with E-state index >= 15 is 0 Å². The monoisotopic (exact) mass is 394 g/mol. The Morgan fingerprint density at radius 3 is 2.50 bits per heavy atom. The summed E-state index contributed by atoms with van der Waals surface area (Å²) in [6, 6.07) is 7.69. The number of nitro benzene ring substituents is 1. The number of carbonyl (C=O) groups excluding carboxylic acids is 3. The maximum atomic E-state index is 12.3. The standard InChI is InChI=1S/C16H8Cl2N2O6/c17-11-2-1-3-12(14(11)18)26-13(21)7-19-15(22)9-5-4-8(20(24)25)6-10(9)16(19)23/h1-6H,7H2. The molecule has 8 nitrogen and oxygen atoms in total. The van der Waals surface area contributed by atoms with Gasteiger partial charge in [-0.15, -0.1) is 0 Å². The molecule has 2 amide bonds. The second-order valence-electron chi connectivity index (χ2n) is 5.21. The largest absolute Gasteiger partial charge is 0.424 e. The number of nitro groups is 1. The van der Waals surface area contributed by atoms with Gasteiger partial charge < -0.3 is 4.74 Å². The topological polar surface area (TPSA) is 107 Å². The van der Waals surface area contributed by atoms with Gasteiger partial charge >= 0.3 is 5.97 Å². The molecule has 2 aromatic rings. The maximum Gasteiger partial charge on any atom is 0.331 e. The Balaban J connectivity index is 1.79. The molecule has 1 aliphatic rings. The lowest BCUT2D eigenvalue weighted by Crippen LogP contribution is -2.36. The van der Waals surface area contributed by atoms with Gasteiger partial charge in [0.05, 0.1) is 21.1 Å². The van der Waals surface area contributed by atoms with Crippen molar-refractivity contribution in [3.05, 3.63) is 67.7 Å². The summed E-state index contributed by atoms with van der Waals surface area (Å²) in [5.41, 5.74) is -0.494. The second-order valence-corrected chi connectivity index (χ2v) is 5.99. The summed E-state index contributed by atoms with van der Waals surface area (Å²) in [4.78, 5) is 47.4. The molecule has 26 heavy (non-hydrogen) atoms. The highest BCUT2D eigenvalue weighted by Gasteiger charge is 2.38. The Bertz CT molecular complexity index is 975. The van der Waals surface area contributed by atoms with Crippen LogP contribution < -0.4 is 4.74 Å². The van der Waals surface area contributed by atoms with Crippen molar-refractivity contribution in [3.63, 3.8) is 0 Å². The number of fused-ring (bicyclic) bond motifs is 1. The Kier molecular flexibility index (Phi) is 4.62. The van der Waals surface area contributed by atoms with Crippen molar-refractivity contribution in [2.45, 2.75) is 0 Å². The molecule has 2 aromatic carbocycles. The lowest BCUT2D eigenvalue weighted by molar-refractivity contribution is -0.384. The number of hydrogen-bond acceptors (Lipinski definition) is 6. The fourth-order valence-electron chi connectivity index (χ4n) is 2.38. The quantitative estimate of drug-likeness (QED) is 0.259. The van der Waals surface area contributed by atoms with Crippen LogP contribution in [-0.4, -0.2) is 34.2 Å². The van der Waals surface area contributed by atoms with E-state index in [0.717, 1.165) is 12.1 Å². The normalized spacial score (nSPS) is 12.9. The van der Waals surface area contributed by atoms with E-state index in [1.165, 1.54) is 24.3 Å². The number of halogens is 2.